The fraction of sp³-hybridized carbons (Fsp3) is 0.500. The lowest BCUT2D eigenvalue weighted by Gasteiger charge is -2.21. The van der Waals surface area contributed by atoms with Crippen LogP contribution in [0.1, 0.15) is 31.9 Å². The van der Waals surface area contributed by atoms with Gasteiger partial charge < -0.3 is 10.4 Å². The standard InChI is InChI=1S/C12H18INO/c1-12(2,3)9-5-8(7-14-4)11(15)10(13)6-9/h5-6,14-15H,7H2,1-4H3. The fourth-order valence-corrected chi connectivity index (χ4v) is 2.10. The maximum absolute atomic E-state index is 9.87. The average molecular weight is 319 g/mol. The summed E-state index contributed by atoms with van der Waals surface area (Å²) in [6, 6.07) is 4.13. The Bertz CT molecular complexity index is 355. The second-order valence-corrected chi connectivity index (χ2v) is 5.91. The molecule has 0 saturated carbocycles. The molecule has 0 aliphatic carbocycles. The molecule has 0 radical (unpaired) electrons. The summed E-state index contributed by atoms with van der Waals surface area (Å²) < 4.78 is 0.922. The molecule has 1 aromatic carbocycles. The summed E-state index contributed by atoms with van der Waals surface area (Å²) in [4.78, 5) is 0. The highest BCUT2D eigenvalue weighted by molar-refractivity contribution is 14.1. The Morgan fingerprint density at radius 3 is 2.40 bits per heavy atom. The zero-order valence-corrected chi connectivity index (χ0v) is 11.8. The van der Waals surface area contributed by atoms with Gasteiger partial charge in [-0.15, -0.1) is 0 Å². The third-order valence-corrected chi connectivity index (χ3v) is 3.20. The summed E-state index contributed by atoms with van der Waals surface area (Å²) >= 11 is 2.18. The molecular formula is C12H18INO. The fourth-order valence-electron chi connectivity index (χ4n) is 1.41. The Kier molecular flexibility index (Phi) is 4.00. The normalized spacial score (nSPS) is 11.8. The lowest BCUT2D eigenvalue weighted by atomic mass is 9.86. The van der Waals surface area contributed by atoms with E-state index in [0.717, 1.165) is 9.13 Å². The van der Waals surface area contributed by atoms with Crippen molar-refractivity contribution in [2.24, 2.45) is 0 Å². The maximum atomic E-state index is 9.87. The van der Waals surface area contributed by atoms with Crippen molar-refractivity contribution in [1.29, 1.82) is 0 Å². The smallest absolute Gasteiger partial charge is 0.133 e. The van der Waals surface area contributed by atoms with Crippen molar-refractivity contribution < 1.29 is 5.11 Å². The van der Waals surface area contributed by atoms with Gasteiger partial charge in [-0.05, 0) is 46.7 Å². The Labute approximate surface area is 105 Å². The number of rotatable bonds is 2. The van der Waals surface area contributed by atoms with Crippen LogP contribution >= 0.6 is 22.6 Å². The molecule has 84 valence electrons. The van der Waals surface area contributed by atoms with E-state index in [1.165, 1.54) is 5.56 Å². The van der Waals surface area contributed by atoms with Crippen LogP contribution in [-0.2, 0) is 12.0 Å². The summed E-state index contributed by atoms with van der Waals surface area (Å²) in [6.45, 7) is 7.24. The number of benzene rings is 1. The predicted molar refractivity (Wildman–Crippen MR) is 72.3 cm³/mol. The van der Waals surface area contributed by atoms with Gasteiger partial charge in [0.1, 0.15) is 5.75 Å². The first-order chi connectivity index (χ1) is 6.86. The van der Waals surface area contributed by atoms with Crippen LogP contribution in [0, 0.1) is 3.57 Å². The van der Waals surface area contributed by atoms with E-state index in [1.807, 2.05) is 7.05 Å². The van der Waals surface area contributed by atoms with Gasteiger partial charge in [0.15, 0.2) is 0 Å². The van der Waals surface area contributed by atoms with Crippen molar-refractivity contribution in [3.8, 4) is 5.75 Å². The number of phenolic OH excluding ortho intramolecular Hbond substituents is 1. The quantitative estimate of drug-likeness (QED) is 0.822. The number of hydrogen-bond acceptors (Lipinski definition) is 2. The van der Waals surface area contributed by atoms with E-state index in [9.17, 15) is 5.11 Å². The minimum atomic E-state index is 0.121. The molecule has 0 fully saturated rings. The van der Waals surface area contributed by atoms with Crippen molar-refractivity contribution in [1.82, 2.24) is 5.32 Å². The third-order valence-electron chi connectivity index (χ3n) is 2.38. The second-order valence-electron chi connectivity index (χ2n) is 4.75. The molecule has 15 heavy (non-hydrogen) atoms. The van der Waals surface area contributed by atoms with Crippen LogP contribution in [0.4, 0.5) is 0 Å². The second kappa shape index (κ2) is 4.70. The van der Waals surface area contributed by atoms with E-state index in [-0.39, 0.29) is 5.41 Å². The lowest BCUT2D eigenvalue weighted by Crippen LogP contribution is -2.13. The van der Waals surface area contributed by atoms with Crippen LogP contribution in [0.3, 0.4) is 0 Å². The van der Waals surface area contributed by atoms with Gasteiger partial charge in [0.2, 0.25) is 0 Å². The van der Waals surface area contributed by atoms with Crippen molar-refractivity contribution in [3.05, 3.63) is 26.8 Å². The zero-order valence-electron chi connectivity index (χ0n) is 9.69. The topological polar surface area (TPSA) is 32.3 Å². The van der Waals surface area contributed by atoms with Gasteiger partial charge in [0.25, 0.3) is 0 Å². The molecule has 0 atom stereocenters. The summed E-state index contributed by atoms with van der Waals surface area (Å²) in [5.74, 6) is 0.401. The first kappa shape index (κ1) is 12.8. The van der Waals surface area contributed by atoms with Gasteiger partial charge in [-0.1, -0.05) is 26.8 Å². The van der Waals surface area contributed by atoms with Gasteiger partial charge in [0.05, 0.1) is 3.57 Å². The molecule has 2 N–H and O–H groups in total. The van der Waals surface area contributed by atoms with Gasteiger partial charge in [-0.25, -0.2) is 0 Å². The molecule has 0 aliphatic rings. The molecule has 3 heteroatoms. The number of aromatic hydroxyl groups is 1. The molecular weight excluding hydrogens is 301 g/mol. The molecule has 0 saturated heterocycles. The first-order valence-corrected chi connectivity index (χ1v) is 6.10. The molecule has 0 bridgehead atoms. The summed E-state index contributed by atoms with van der Waals surface area (Å²) in [6.07, 6.45) is 0. The maximum Gasteiger partial charge on any atom is 0.133 e. The summed E-state index contributed by atoms with van der Waals surface area (Å²) in [5, 5.41) is 12.9. The molecule has 0 unspecified atom stereocenters. The molecule has 0 amide bonds. The Morgan fingerprint density at radius 1 is 1.33 bits per heavy atom. The van der Waals surface area contributed by atoms with Gasteiger partial charge in [-0.3, -0.25) is 0 Å². The molecule has 1 rings (SSSR count). The van der Waals surface area contributed by atoms with E-state index in [2.05, 4.69) is 60.8 Å². The number of halogens is 1. The molecule has 0 aliphatic heterocycles. The molecule has 2 nitrogen and oxygen atoms in total. The highest BCUT2D eigenvalue weighted by Gasteiger charge is 2.17. The first-order valence-electron chi connectivity index (χ1n) is 5.02. The van der Waals surface area contributed by atoms with Crippen LogP contribution in [0.5, 0.6) is 5.75 Å². The van der Waals surface area contributed by atoms with Crippen LogP contribution in [0.15, 0.2) is 12.1 Å². The molecule has 1 aromatic rings. The van der Waals surface area contributed by atoms with E-state index in [1.54, 1.807) is 0 Å². The zero-order chi connectivity index (χ0) is 11.6. The molecule has 0 heterocycles. The van der Waals surface area contributed by atoms with Crippen LogP contribution in [-0.4, -0.2) is 12.2 Å². The summed E-state index contributed by atoms with van der Waals surface area (Å²) in [5.41, 5.74) is 2.35. The summed E-state index contributed by atoms with van der Waals surface area (Å²) in [7, 11) is 1.88. The van der Waals surface area contributed by atoms with E-state index in [0.29, 0.717) is 12.3 Å². The van der Waals surface area contributed by atoms with Crippen molar-refractivity contribution in [2.45, 2.75) is 32.7 Å². The van der Waals surface area contributed by atoms with Crippen molar-refractivity contribution in [2.75, 3.05) is 7.05 Å². The number of hydrogen-bond donors (Lipinski definition) is 2. The van der Waals surface area contributed by atoms with E-state index >= 15 is 0 Å². The van der Waals surface area contributed by atoms with Crippen LogP contribution in [0.25, 0.3) is 0 Å². The highest BCUT2D eigenvalue weighted by atomic mass is 127. The van der Waals surface area contributed by atoms with Gasteiger partial charge in [-0.2, -0.15) is 0 Å². The van der Waals surface area contributed by atoms with Crippen LogP contribution in [0.2, 0.25) is 0 Å². The Morgan fingerprint density at radius 2 is 1.93 bits per heavy atom. The van der Waals surface area contributed by atoms with E-state index in [4.69, 9.17) is 0 Å². The average Bonchev–Trinajstić information content (AvgIpc) is 2.11. The van der Waals surface area contributed by atoms with Crippen LogP contribution < -0.4 is 5.32 Å². The largest absolute Gasteiger partial charge is 0.507 e. The van der Waals surface area contributed by atoms with Crippen molar-refractivity contribution in [3.63, 3.8) is 0 Å². The molecule has 0 spiro atoms. The minimum Gasteiger partial charge on any atom is -0.507 e. The number of phenols is 1. The Balaban J connectivity index is 3.23. The van der Waals surface area contributed by atoms with E-state index < -0.39 is 0 Å². The highest BCUT2D eigenvalue weighted by Crippen LogP contribution is 2.31. The Hall–Kier alpha value is -0.290. The molecule has 0 aromatic heterocycles. The van der Waals surface area contributed by atoms with Gasteiger partial charge in [0, 0.05) is 12.1 Å². The van der Waals surface area contributed by atoms with Gasteiger partial charge >= 0.3 is 0 Å². The number of nitrogens with one attached hydrogen (secondary N) is 1. The third kappa shape index (κ3) is 3.08. The predicted octanol–water partition coefficient (Wildman–Crippen LogP) is 3.01. The minimum absolute atomic E-state index is 0.121. The monoisotopic (exact) mass is 319 g/mol. The van der Waals surface area contributed by atoms with Crippen molar-refractivity contribution >= 4 is 22.6 Å². The SMILES string of the molecule is CNCc1cc(C(C)(C)C)cc(I)c1O. The lowest BCUT2D eigenvalue weighted by molar-refractivity contribution is 0.460.